The van der Waals surface area contributed by atoms with Gasteiger partial charge in [-0.15, -0.1) is 0 Å². The third kappa shape index (κ3) is 2.44. The van der Waals surface area contributed by atoms with Crippen molar-refractivity contribution in [3.8, 4) is 0 Å². The van der Waals surface area contributed by atoms with E-state index in [0.717, 1.165) is 0 Å². The summed E-state index contributed by atoms with van der Waals surface area (Å²) in [5.41, 5.74) is -2.22. The third-order valence-corrected chi connectivity index (χ3v) is 2.76. The Labute approximate surface area is 105 Å². The van der Waals surface area contributed by atoms with Crippen LogP contribution in [0.3, 0.4) is 0 Å². The van der Waals surface area contributed by atoms with Crippen molar-refractivity contribution in [3.05, 3.63) is 34.9 Å². The van der Waals surface area contributed by atoms with Gasteiger partial charge in [-0.05, 0) is 17.7 Å². The van der Waals surface area contributed by atoms with Gasteiger partial charge in [-0.1, -0.05) is 23.7 Å². The Kier molecular flexibility index (Phi) is 3.25. The minimum atomic E-state index is -4.75. The second-order valence-corrected chi connectivity index (χ2v) is 4.25. The van der Waals surface area contributed by atoms with E-state index in [2.05, 4.69) is 9.47 Å². The molecule has 0 aromatic heterocycles. The maximum absolute atomic E-state index is 12.5. The van der Waals surface area contributed by atoms with Crippen molar-refractivity contribution in [3.63, 3.8) is 0 Å². The Hall–Kier alpha value is -1.27. The highest BCUT2D eigenvalue weighted by Crippen LogP contribution is 2.44. The zero-order chi connectivity index (χ0) is 13.4. The summed E-state index contributed by atoms with van der Waals surface area (Å²) in [4.78, 5) is 11.3. The molecule has 18 heavy (non-hydrogen) atoms. The van der Waals surface area contributed by atoms with Crippen LogP contribution in [0.15, 0.2) is 24.3 Å². The van der Waals surface area contributed by atoms with Crippen LogP contribution in [0.25, 0.3) is 0 Å². The topological polar surface area (TPSA) is 38.8 Å². The van der Waals surface area contributed by atoms with E-state index < -0.39 is 24.4 Å². The molecular weight excluding hydrogens is 273 g/mol. The van der Waals surface area contributed by atoms with E-state index >= 15 is 0 Å². The van der Waals surface area contributed by atoms with Gasteiger partial charge in [0.2, 0.25) is 0 Å². The molecule has 1 aliphatic rings. The van der Waals surface area contributed by atoms with Gasteiger partial charge in [-0.25, -0.2) is 4.79 Å². The molecule has 0 amide bonds. The number of hydrogen-bond donors (Lipinski definition) is 0. The number of carbonyl (C=O) groups is 1. The summed E-state index contributed by atoms with van der Waals surface area (Å²) in [6, 6.07) is 6.23. The van der Waals surface area contributed by atoms with Crippen LogP contribution in [-0.2, 0) is 20.9 Å². The number of carbonyl (C=O) groups excluding carboxylic acids is 1. The van der Waals surface area contributed by atoms with Crippen LogP contribution in [0, 0.1) is 0 Å². The van der Waals surface area contributed by atoms with Gasteiger partial charge >= 0.3 is 12.1 Å². The monoisotopic (exact) mass is 280 g/mol. The van der Waals surface area contributed by atoms with Gasteiger partial charge in [0.15, 0.2) is 0 Å². The van der Waals surface area contributed by atoms with Crippen molar-refractivity contribution < 1.29 is 27.4 Å². The Morgan fingerprint density at radius 3 is 2.39 bits per heavy atom. The highest BCUT2D eigenvalue weighted by Gasteiger charge is 2.72. The Bertz CT molecular complexity index is 452. The summed E-state index contributed by atoms with van der Waals surface area (Å²) in [6.07, 6.45) is -4.75. The second kappa shape index (κ2) is 4.44. The van der Waals surface area contributed by atoms with Crippen LogP contribution >= 0.6 is 11.6 Å². The lowest BCUT2D eigenvalue weighted by Crippen LogP contribution is -2.41. The molecule has 98 valence electrons. The van der Waals surface area contributed by atoms with E-state index in [9.17, 15) is 18.0 Å². The molecule has 1 fully saturated rings. The normalized spacial score (nSPS) is 22.7. The molecule has 1 aromatic rings. The highest BCUT2D eigenvalue weighted by molar-refractivity contribution is 6.30. The summed E-state index contributed by atoms with van der Waals surface area (Å²) < 4.78 is 46.2. The quantitative estimate of drug-likeness (QED) is 0.631. The number of rotatable bonds is 3. The number of ether oxygens (including phenoxy) is 2. The lowest BCUT2D eigenvalue weighted by Gasteiger charge is -2.14. The van der Waals surface area contributed by atoms with Gasteiger partial charge in [-0.3, -0.25) is 0 Å². The van der Waals surface area contributed by atoms with Gasteiger partial charge in [-0.2, -0.15) is 13.2 Å². The first kappa shape index (κ1) is 13.2. The molecule has 0 spiro atoms. The van der Waals surface area contributed by atoms with Gasteiger partial charge < -0.3 is 9.47 Å². The summed E-state index contributed by atoms with van der Waals surface area (Å²) >= 11 is 5.64. The molecule has 1 aliphatic heterocycles. The fourth-order valence-corrected chi connectivity index (χ4v) is 1.44. The minimum absolute atomic E-state index is 0.253. The zero-order valence-corrected chi connectivity index (χ0v) is 9.72. The van der Waals surface area contributed by atoms with Gasteiger partial charge in [0.1, 0.15) is 6.61 Å². The smallest absolute Gasteiger partial charge is 0.430 e. The first-order valence-corrected chi connectivity index (χ1v) is 5.35. The van der Waals surface area contributed by atoms with E-state index in [1.165, 1.54) is 0 Å². The van der Waals surface area contributed by atoms with E-state index in [1.54, 1.807) is 24.3 Å². The lowest BCUT2D eigenvalue weighted by molar-refractivity contribution is -0.204. The van der Waals surface area contributed by atoms with Crippen molar-refractivity contribution in [2.75, 3.05) is 6.61 Å². The highest BCUT2D eigenvalue weighted by atomic mass is 35.5. The van der Waals surface area contributed by atoms with Gasteiger partial charge in [0.05, 0.1) is 6.61 Å². The molecule has 7 heteroatoms. The van der Waals surface area contributed by atoms with E-state index in [1.807, 2.05) is 0 Å². The molecule has 0 N–H and O–H groups in total. The Balaban J connectivity index is 1.95. The van der Waals surface area contributed by atoms with Gasteiger partial charge in [0, 0.05) is 5.02 Å². The molecule has 0 radical (unpaired) electrons. The molecule has 3 nitrogen and oxygen atoms in total. The lowest BCUT2D eigenvalue weighted by atomic mass is 10.1. The average molecular weight is 281 g/mol. The molecular formula is C11H8ClF3O3. The molecule has 1 heterocycles. The largest absolute Gasteiger partial charge is 0.458 e. The van der Waals surface area contributed by atoms with Crippen LogP contribution in [0.2, 0.25) is 5.02 Å². The predicted molar refractivity (Wildman–Crippen MR) is 56.0 cm³/mol. The van der Waals surface area contributed by atoms with E-state index in [4.69, 9.17) is 11.6 Å². The Morgan fingerprint density at radius 2 is 1.94 bits per heavy atom. The minimum Gasteiger partial charge on any atom is -0.458 e. The number of esters is 1. The van der Waals surface area contributed by atoms with Crippen molar-refractivity contribution >= 4 is 17.6 Å². The molecule has 0 bridgehead atoms. The molecule has 0 saturated carbocycles. The summed E-state index contributed by atoms with van der Waals surface area (Å²) in [5, 5.41) is 0.488. The van der Waals surface area contributed by atoms with Gasteiger partial charge in [0.25, 0.3) is 5.60 Å². The number of benzene rings is 1. The predicted octanol–water partition coefficient (Wildman–Crippen LogP) is 2.71. The van der Waals surface area contributed by atoms with Crippen LogP contribution in [0.1, 0.15) is 5.56 Å². The molecule has 1 atom stereocenters. The maximum Gasteiger partial charge on any atom is 0.430 e. The number of hydrogen-bond acceptors (Lipinski definition) is 3. The standard InChI is InChI=1S/C11H8ClF3O3/c12-8-3-1-7(2-4-8)5-17-9(16)10(6-18-10)11(13,14)15/h1-4H,5-6H2. The molecule has 0 aliphatic carbocycles. The van der Waals surface area contributed by atoms with E-state index in [0.29, 0.717) is 10.6 Å². The summed E-state index contributed by atoms with van der Waals surface area (Å²) in [6.45, 7) is -0.937. The maximum atomic E-state index is 12.5. The number of alkyl halides is 3. The van der Waals surface area contributed by atoms with Crippen LogP contribution in [-0.4, -0.2) is 24.4 Å². The molecule has 2 rings (SSSR count). The number of halogens is 4. The van der Waals surface area contributed by atoms with Crippen molar-refractivity contribution in [1.82, 2.24) is 0 Å². The van der Waals surface area contributed by atoms with Crippen molar-refractivity contribution in [2.45, 2.75) is 18.4 Å². The summed E-state index contributed by atoms with van der Waals surface area (Å²) in [5.74, 6) is -1.41. The molecule has 1 aromatic carbocycles. The van der Waals surface area contributed by atoms with Crippen LogP contribution in [0.5, 0.6) is 0 Å². The average Bonchev–Trinajstić information content (AvgIpc) is 3.08. The first-order valence-electron chi connectivity index (χ1n) is 4.97. The third-order valence-electron chi connectivity index (χ3n) is 2.50. The Morgan fingerprint density at radius 1 is 1.39 bits per heavy atom. The van der Waals surface area contributed by atoms with Crippen molar-refractivity contribution in [2.24, 2.45) is 0 Å². The van der Waals surface area contributed by atoms with Crippen molar-refractivity contribution in [1.29, 1.82) is 0 Å². The molecule has 1 unspecified atom stereocenters. The number of epoxide rings is 1. The zero-order valence-electron chi connectivity index (χ0n) is 8.96. The second-order valence-electron chi connectivity index (χ2n) is 3.82. The van der Waals surface area contributed by atoms with E-state index in [-0.39, 0.29) is 6.61 Å². The van der Waals surface area contributed by atoms with Crippen LogP contribution < -0.4 is 0 Å². The SMILES string of the molecule is O=C(OCc1ccc(Cl)cc1)C1(C(F)(F)F)CO1. The summed E-state index contributed by atoms with van der Waals surface area (Å²) in [7, 11) is 0. The fraction of sp³-hybridized carbons (Fsp3) is 0.364. The van der Waals surface area contributed by atoms with Crippen LogP contribution in [0.4, 0.5) is 13.2 Å². The molecule has 1 saturated heterocycles. The first-order chi connectivity index (χ1) is 8.35. The fourth-order valence-electron chi connectivity index (χ4n) is 1.32.